The summed E-state index contributed by atoms with van der Waals surface area (Å²) in [5, 5.41) is 5.10. The third kappa shape index (κ3) is 4.05. The molecule has 0 unspecified atom stereocenters. The highest BCUT2D eigenvalue weighted by Gasteiger charge is 2.61. The van der Waals surface area contributed by atoms with Crippen LogP contribution in [0.3, 0.4) is 0 Å². The molecule has 0 amide bonds. The van der Waals surface area contributed by atoms with E-state index < -0.39 is 0 Å². The molecule has 7 aromatic rings. The highest BCUT2D eigenvalue weighted by Crippen LogP contribution is 2.69. The van der Waals surface area contributed by atoms with Gasteiger partial charge in [0, 0.05) is 22.5 Å². The first-order valence-corrected chi connectivity index (χ1v) is 18.3. The topological polar surface area (TPSA) is 3.24 Å². The quantitative estimate of drug-likeness (QED) is 0.187. The molecule has 4 saturated carbocycles. The lowest BCUT2D eigenvalue weighted by Crippen LogP contribution is -2.55. The predicted molar refractivity (Wildman–Crippen MR) is 205 cm³/mol. The fourth-order valence-electron chi connectivity index (χ4n) is 11.2. The van der Waals surface area contributed by atoms with Gasteiger partial charge in [0.1, 0.15) is 0 Å². The van der Waals surface area contributed by atoms with Crippen LogP contribution in [0.15, 0.2) is 152 Å². The van der Waals surface area contributed by atoms with Crippen LogP contribution in [0.1, 0.15) is 43.2 Å². The molecule has 0 radical (unpaired) electrons. The van der Waals surface area contributed by atoms with Gasteiger partial charge in [-0.25, -0.2) is 0 Å². The van der Waals surface area contributed by atoms with Crippen LogP contribution in [-0.4, -0.2) is 0 Å². The molecule has 236 valence electrons. The van der Waals surface area contributed by atoms with Crippen molar-refractivity contribution in [3.05, 3.63) is 163 Å². The molecule has 0 aliphatic heterocycles. The molecule has 4 bridgehead atoms. The van der Waals surface area contributed by atoms with E-state index in [4.69, 9.17) is 0 Å². The molecule has 0 N–H and O–H groups in total. The summed E-state index contributed by atoms with van der Waals surface area (Å²) in [6.07, 6.45) is 7.07. The Kier molecular flexibility index (Phi) is 5.91. The van der Waals surface area contributed by atoms with E-state index in [1.54, 1.807) is 11.1 Å². The molecule has 5 aliphatic carbocycles. The van der Waals surface area contributed by atoms with Crippen molar-refractivity contribution in [1.82, 2.24) is 0 Å². The molecule has 7 aromatic carbocycles. The minimum absolute atomic E-state index is 0.143. The first-order valence-electron chi connectivity index (χ1n) is 18.3. The van der Waals surface area contributed by atoms with E-state index in [0.29, 0.717) is 0 Å². The van der Waals surface area contributed by atoms with Gasteiger partial charge in [-0.1, -0.05) is 109 Å². The van der Waals surface area contributed by atoms with Crippen molar-refractivity contribution in [2.45, 2.75) is 37.5 Å². The van der Waals surface area contributed by atoms with Crippen LogP contribution in [0.5, 0.6) is 0 Å². The minimum Gasteiger partial charge on any atom is -0.310 e. The minimum atomic E-state index is 0.143. The van der Waals surface area contributed by atoms with Crippen LogP contribution in [0.25, 0.3) is 43.8 Å². The van der Waals surface area contributed by atoms with Crippen LogP contribution in [0.4, 0.5) is 17.1 Å². The van der Waals surface area contributed by atoms with E-state index in [2.05, 4.69) is 157 Å². The highest BCUT2D eigenvalue weighted by molar-refractivity contribution is 5.92. The standard InChI is InChI=1S/C48H39N/c1-3-9-36-28-38(14-13-33(36)7-1)35-15-18-41(19-16-35)49(42-20-17-34-8-2-4-10-37(34)29-42)43-21-22-45-44-11-5-6-12-46(44)48(47(45)30-43)39-24-31-23-32(26-39)27-40(48)25-31/h1-22,28-32,39-40H,23-27H2. The van der Waals surface area contributed by atoms with Crippen LogP contribution in [0, 0.1) is 23.7 Å². The Hall–Kier alpha value is -5.14. The zero-order valence-electron chi connectivity index (χ0n) is 27.7. The number of hydrogen-bond donors (Lipinski definition) is 0. The second-order valence-corrected chi connectivity index (χ2v) is 15.4. The monoisotopic (exact) mass is 629 g/mol. The van der Waals surface area contributed by atoms with Gasteiger partial charge in [-0.05, 0) is 153 Å². The van der Waals surface area contributed by atoms with Crippen molar-refractivity contribution in [2.24, 2.45) is 23.7 Å². The van der Waals surface area contributed by atoms with E-state index in [9.17, 15) is 0 Å². The lowest BCUT2D eigenvalue weighted by molar-refractivity contribution is -0.0399. The Balaban J connectivity index is 1.08. The Morgan fingerprint density at radius 1 is 0.388 bits per heavy atom. The Morgan fingerprint density at radius 2 is 0.918 bits per heavy atom. The number of benzene rings is 7. The molecule has 5 aliphatic rings. The Morgan fingerprint density at radius 3 is 1.65 bits per heavy atom. The number of rotatable bonds is 4. The van der Waals surface area contributed by atoms with Crippen LogP contribution in [-0.2, 0) is 5.41 Å². The zero-order valence-corrected chi connectivity index (χ0v) is 27.7. The first-order chi connectivity index (χ1) is 24.2. The third-order valence-electron chi connectivity index (χ3n) is 13.0. The molecule has 0 heterocycles. The molecule has 1 spiro atoms. The van der Waals surface area contributed by atoms with Gasteiger partial charge < -0.3 is 4.90 Å². The van der Waals surface area contributed by atoms with Crippen molar-refractivity contribution in [3.8, 4) is 22.3 Å². The first kappa shape index (κ1) is 27.8. The lowest BCUT2D eigenvalue weighted by atomic mass is 9.43. The van der Waals surface area contributed by atoms with Gasteiger partial charge in [-0.2, -0.15) is 0 Å². The van der Waals surface area contributed by atoms with E-state index in [1.165, 1.54) is 93.0 Å². The summed E-state index contributed by atoms with van der Waals surface area (Å²) in [6.45, 7) is 0. The van der Waals surface area contributed by atoms with Gasteiger partial charge in [-0.3, -0.25) is 0 Å². The molecule has 1 nitrogen and oxygen atoms in total. The summed E-state index contributed by atoms with van der Waals surface area (Å²) < 4.78 is 0. The molecule has 0 atom stereocenters. The predicted octanol–water partition coefficient (Wildman–Crippen LogP) is 12.9. The van der Waals surface area contributed by atoms with Crippen molar-refractivity contribution in [2.75, 3.05) is 4.90 Å². The molecule has 0 saturated heterocycles. The maximum Gasteiger partial charge on any atom is 0.0468 e. The smallest absolute Gasteiger partial charge is 0.0468 e. The summed E-state index contributed by atoms with van der Waals surface area (Å²) >= 11 is 0. The van der Waals surface area contributed by atoms with Crippen molar-refractivity contribution >= 4 is 38.6 Å². The molecule has 4 fully saturated rings. The maximum atomic E-state index is 2.62. The zero-order chi connectivity index (χ0) is 32.1. The van der Waals surface area contributed by atoms with Crippen molar-refractivity contribution in [3.63, 3.8) is 0 Å². The lowest BCUT2D eigenvalue weighted by Gasteiger charge is -2.61. The number of anilines is 3. The van der Waals surface area contributed by atoms with Gasteiger partial charge in [0.25, 0.3) is 0 Å². The maximum absolute atomic E-state index is 2.62. The molecular weight excluding hydrogens is 591 g/mol. The van der Waals surface area contributed by atoms with E-state index >= 15 is 0 Å². The summed E-state index contributed by atoms with van der Waals surface area (Å²) in [4.78, 5) is 2.50. The summed E-state index contributed by atoms with van der Waals surface area (Å²) in [5.41, 5.74) is 12.4. The van der Waals surface area contributed by atoms with Gasteiger partial charge in [-0.15, -0.1) is 0 Å². The van der Waals surface area contributed by atoms with Crippen molar-refractivity contribution in [1.29, 1.82) is 0 Å². The van der Waals surface area contributed by atoms with Gasteiger partial charge in [0.15, 0.2) is 0 Å². The van der Waals surface area contributed by atoms with Gasteiger partial charge in [0.2, 0.25) is 0 Å². The molecule has 49 heavy (non-hydrogen) atoms. The summed E-state index contributed by atoms with van der Waals surface area (Å²) in [6, 6.07) is 57.3. The van der Waals surface area contributed by atoms with E-state index in [0.717, 1.165) is 23.7 Å². The summed E-state index contributed by atoms with van der Waals surface area (Å²) in [5.74, 6) is 3.36. The Labute approximate surface area is 288 Å². The molecule has 0 aromatic heterocycles. The largest absolute Gasteiger partial charge is 0.310 e. The second-order valence-electron chi connectivity index (χ2n) is 15.4. The highest BCUT2D eigenvalue weighted by atomic mass is 15.1. The van der Waals surface area contributed by atoms with Crippen LogP contribution >= 0.6 is 0 Å². The van der Waals surface area contributed by atoms with Crippen LogP contribution < -0.4 is 4.90 Å². The third-order valence-corrected chi connectivity index (χ3v) is 13.0. The van der Waals surface area contributed by atoms with Gasteiger partial charge in [0.05, 0.1) is 0 Å². The van der Waals surface area contributed by atoms with Crippen molar-refractivity contribution < 1.29 is 0 Å². The van der Waals surface area contributed by atoms with E-state index in [-0.39, 0.29) is 5.41 Å². The molecule has 12 rings (SSSR count). The van der Waals surface area contributed by atoms with E-state index in [1.807, 2.05) is 0 Å². The SMILES string of the molecule is c1ccc2c(c1)-c1ccc(N(c3ccc(-c4ccc5ccccc5c4)cc3)c3ccc4ccccc4c3)cc1C21C2CC3CC(C2)CC1C3. The normalized spacial score (nSPS) is 24.4. The number of nitrogens with zero attached hydrogens (tertiary/aromatic N) is 1. The fourth-order valence-corrected chi connectivity index (χ4v) is 11.2. The number of hydrogen-bond acceptors (Lipinski definition) is 1. The fraction of sp³-hybridized carbons (Fsp3) is 0.208. The van der Waals surface area contributed by atoms with Gasteiger partial charge >= 0.3 is 0 Å². The molecule has 1 heteroatoms. The number of fused-ring (bicyclic) bond motifs is 5. The average Bonchev–Trinajstić information content (AvgIpc) is 3.44. The summed E-state index contributed by atoms with van der Waals surface area (Å²) in [7, 11) is 0. The average molecular weight is 630 g/mol. The molecular formula is C48H39N. The van der Waals surface area contributed by atoms with Crippen LogP contribution in [0.2, 0.25) is 0 Å². The Bertz CT molecular complexity index is 2390. The second kappa shape index (κ2) is 10.4.